The average molecular weight is 269 g/mol. The molecule has 0 aliphatic carbocycles. The Morgan fingerprint density at radius 3 is 2.30 bits per heavy atom. The summed E-state index contributed by atoms with van der Waals surface area (Å²) in [4.78, 5) is 11.9. The van der Waals surface area contributed by atoms with Crippen LogP contribution in [0.5, 0.6) is 5.75 Å². The molecular weight excluding hydrogens is 250 g/mol. The van der Waals surface area contributed by atoms with Crippen LogP contribution in [0, 0.1) is 0 Å². The van der Waals surface area contributed by atoms with Crippen molar-refractivity contribution in [1.82, 2.24) is 5.32 Å². The Morgan fingerprint density at radius 2 is 1.65 bits per heavy atom. The first kappa shape index (κ1) is 14.1. The third-order valence-corrected chi connectivity index (χ3v) is 2.98. The number of ether oxygens (including phenoxy) is 1. The molecule has 1 amide bonds. The summed E-state index contributed by atoms with van der Waals surface area (Å²) in [6.45, 7) is 2.37. The quantitative estimate of drug-likeness (QED) is 0.875. The highest BCUT2D eigenvalue weighted by Gasteiger charge is 2.13. The van der Waals surface area contributed by atoms with Gasteiger partial charge in [-0.25, -0.2) is 0 Å². The number of hydrogen-bond acceptors (Lipinski definition) is 2. The van der Waals surface area contributed by atoms with Gasteiger partial charge < -0.3 is 10.1 Å². The standard InChI is InChI=1S/C17H19NO2/c1-14(20-16-10-6-3-7-11-16)17(19)18-13-12-15-8-4-2-5-9-15/h2-11,14H,12-13H2,1H3,(H,18,19)/t14-/m0/s1. The van der Waals surface area contributed by atoms with E-state index >= 15 is 0 Å². The molecule has 0 heterocycles. The van der Waals surface area contributed by atoms with Crippen molar-refractivity contribution in [2.45, 2.75) is 19.4 Å². The molecule has 0 unspecified atom stereocenters. The number of para-hydroxylation sites is 1. The summed E-state index contributed by atoms with van der Waals surface area (Å²) in [6.07, 6.45) is 0.332. The van der Waals surface area contributed by atoms with Gasteiger partial charge in [-0.2, -0.15) is 0 Å². The smallest absolute Gasteiger partial charge is 0.260 e. The number of hydrogen-bond donors (Lipinski definition) is 1. The number of nitrogens with one attached hydrogen (secondary N) is 1. The average Bonchev–Trinajstić information content (AvgIpc) is 2.49. The maximum absolute atomic E-state index is 11.9. The number of amides is 1. The van der Waals surface area contributed by atoms with E-state index < -0.39 is 6.10 Å². The molecule has 0 fully saturated rings. The van der Waals surface area contributed by atoms with E-state index in [-0.39, 0.29) is 5.91 Å². The van der Waals surface area contributed by atoms with Crippen LogP contribution in [-0.4, -0.2) is 18.6 Å². The fraction of sp³-hybridized carbons (Fsp3) is 0.235. The lowest BCUT2D eigenvalue weighted by molar-refractivity contribution is -0.127. The minimum atomic E-state index is -0.492. The molecule has 2 aromatic rings. The van der Waals surface area contributed by atoms with Crippen LogP contribution in [-0.2, 0) is 11.2 Å². The predicted octanol–water partition coefficient (Wildman–Crippen LogP) is 2.81. The predicted molar refractivity (Wildman–Crippen MR) is 79.7 cm³/mol. The molecule has 3 nitrogen and oxygen atoms in total. The summed E-state index contributed by atoms with van der Waals surface area (Å²) in [5.74, 6) is 0.614. The SMILES string of the molecule is C[C@H](Oc1ccccc1)C(=O)NCCc1ccccc1. The van der Waals surface area contributed by atoms with E-state index in [9.17, 15) is 4.79 Å². The second-order valence-corrected chi connectivity index (χ2v) is 4.60. The van der Waals surface area contributed by atoms with Gasteiger partial charge in [-0.15, -0.1) is 0 Å². The van der Waals surface area contributed by atoms with Gasteiger partial charge in [0.15, 0.2) is 6.10 Å². The van der Waals surface area contributed by atoms with Gasteiger partial charge in [-0.1, -0.05) is 48.5 Å². The number of carbonyl (C=O) groups excluding carboxylic acids is 1. The van der Waals surface area contributed by atoms with Gasteiger partial charge in [0.2, 0.25) is 0 Å². The van der Waals surface area contributed by atoms with Gasteiger partial charge in [0, 0.05) is 6.54 Å². The van der Waals surface area contributed by atoms with E-state index in [1.807, 2.05) is 48.5 Å². The molecule has 1 atom stereocenters. The first-order valence-electron chi connectivity index (χ1n) is 6.79. The summed E-state index contributed by atoms with van der Waals surface area (Å²) >= 11 is 0. The Morgan fingerprint density at radius 1 is 1.05 bits per heavy atom. The molecule has 0 spiro atoms. The Hall–Kier alpha value is -2.29. The molecule has 2 rings (SSSR count). The van der Waals surface area contributed by atoms with Crippen molar-refractivity contribution in [3.8, 4) is 5.75 Å². The second-order valence-electron chi connectivity index (χ2n) is 4.60. The van der Waals surface area contributed by atoms with E-state index in [1.54, 1.807) is 6.92 Å². The lowest BCUT2D eigenvalue weighted by atomic mass is 10.1. The fourth-order valence-corrected chi connectivity index (χ4v) is 1.88. The highest BCUT2D eigenvalue weighted by atomic mass is 16.5. The van der Waals surface area contributed by atoms with Crippen molar-refractivity contribution in [3.05, 3.63) is 66.2 Å². The van der Waals surface area contributed by atoms with Crippen molar-refractivity contribution < 1.29 is 9.53 Å². The highest BCUT2D eigenvalue weighted by molar-refractivity contribution is 5.80. The molecule has 0 aliphatic heterocycles. The molecule has 0 saturated heterocycles. The molecule has 0 bridgehead atoms. The second kappa shape index (κ2) is 7.34. The van der Waals surface area contributed by atoms with Crippen molar-refractivity contribution in [2.24, 2.45) is 0 Å². The molecule has 0 aliphatic rings. The van der Waals surface area contributed by atoms with Crippen molar-refractivity contribution >= 4 is 5.91 Å². The molecule has 2 aromatic carbocycles. The third-order valence-electron chi connectivity index (χ3n) is 2.98. The van der Waals surface area contributed by atoms with Crippen LogP contribution in [0.25, 0.3) is 0 Å². The molecule has 3 heteroatoms. The zero-order valence-corrected chi connectivity index (χ0v) is 11.6. The van der Waals surface area contributed by atoms with Gasteiger partial charge in [-0.05, 0) is 31.0 Å². The monoisotopic (exact) mass is 269 g/mol. The Kier molecular flexibility index (Phi) is 5.18. The molecular formula is C17H19NO2. The van der Waals surface area contributed by atoms with Gasteiger partial charge >= 0.3 is 0 Å². The zero-order valence-electron chi connectivity index (χ0n) is 11.6. The van der Waals surface area contributed by atoms with Crippen LogP contribution < -0.4 is 10.1 Å². The van der Waals surface area contributed by atoms with E-state index in [1.165, 1.54) is 5.56 Å². The molecule has 1 N–H and O–H groups in total. The maximum atomic E-state index is 11.9. The minimum Gasteiger partial charge on any atom is -0.481 e. The summed E-state index contributed by atoms with van der Waals surface area (Å²) in [6, 6.07) is 19.4. The fourth-order valence-electron chi connectivity index (χ4n) is 1.88. The van der Waals surface area contributed by atoms with Crippen LogP contribution in [0.15, 0.2) is 60.7 Å². The summed E-state index contributed by atoms with van der Waals surface area (Å²) in [7, 11) is 0. The van der Waals surface area contributed by atoms with Crippen LogP contribution in [0.4, 0.5) is 0 Å². The van der Waals surface area contributed by atoms with E-state index in [4.69, 9.17) is 4.74 Å². The third kappa shape index (κ3) is 4.43. The minimum absolute atomic E-state index is 0.0928. The maximum Gasteiger partial charge on any atom is 0.260 e. The van der Waals surface area contributed by atoms with Crippen LogP contribution >= 0.6 is 0 Å². The van der Waals surface area contributed by atoms with E-state index in [0.717, 1.165) is 6.42 Å². The van der Waals surface area contributed by atoms with Gasteiger partial charge in [-0.3, -0.25) is 4.79 Å². The molecule has 0 saturated carbocycles. The summed E-state index contributed by atoms with van der Waals surface area (Å²) in [5, 5.41) is 2.89. The molecule has 104 valence electrons. The Balaban J connectivity index is 1.74. The number of rotatable bonds is 6. The lowest BCUT2D eigenvalue weighted by Crippen LogP contribution is -2.37. The van der Waals surface area contributed by atoms with Crippen molar-refractivity contribution in [1.29, 1.82) is 0 Å². The van der Waals surface area contributed by atoms with Crippen LogP contribution in [0.1, 0.15) is 12.5 Å². The molecule has 20 heavy (non-hydrogen) atoms. The van der Waals surface area contributed by atoms with Crippen molar-refractivity contribution in [2.75, 3.05) is 6.54 Å². The summed E-state index contributed by atoms with van der Waals surface area (Å²) in [5.41, 5.74) is 1.21. The topological polar surface area (TPSA) is 38.3 Å². The first-order chi connectivity index (χ1) is 9.75. The van der Waals surface area contributed by atoms with Gasteiger partial charge in [0.1, 0.15) is 5.75 Å². The summed E-state index contributed by atoms with van der Waals surface area (Å²) < 4.78 is 5.57. The van der Waals surface area contributed by atoms with E-state index in [2.05, 4.69) is 17.4 Å². The largest absolute Gasteiger partial charge is 0.481 e. The van der Waals surface area contributed by atoms with Gasteiger partial charge in [0.05, 0.1) is 0 Å². The number of carbonyl (C=O) groups is 1. The normalized spacial score (nSPS) is 11.7. The Labute approximate surface area is 119 Å². The van der Waals surface area contributed by atoms with Crippen LogP contribution in [0.3, 0.4) is 0 Å². The van der Waals surface area contributed by atoms with Crippen LogP contribution in [0.2, 0.25) is 0 Å². The molecule has 0 radical (unpaired) electrons. The van der Waals surface area contributed by atoms with Crippen molar-refractivity contribution in [3.63, 3.8) is 0 Å². The first-order valence-corrected chi connectivity index (χ1v) is 6.79. The number of benzene rings is 2. The zero-order chi connectivity index (χ0) is 14.2. The highest BCUT2D eigenvalue weighted by Crippen LogP contribution is 2.10. The molecule has 0 aromatic heterocycles. The Bertz CT molecular complexity index is 525. The van der Waals surface area contributed by atoms with Gasteiger partial charge in [0.25, 0.3) is 5.91 Å². The van der Waals surface area contributed by atoms with E-state index in [0.29, 0.717) is 12.3 Å². The lowest BCUT2D eigenvalue weighted by Gasteiger charge is -2.14.